The number of nitrogens with zero attached hydrogens (tertiary/aromatic N) is 3. The van der Waals surface area contributed by atoms with Gasteiger partial charge < -0.3 is 9.94 Å². The first-order chi connectivity index (χ1) is 15.1. The Kier molecular flexibility index (Phi) is 4.29. The van der Waals surface area contributed by atoms with Crippen LogP contribution in [-0.4, -0.2) is 12.2 Å². The minimum Gasteiger partial charge on any atom is -0.690 e. The maximum atomic E-state index is 13.0. The molecule has 0 saturated heterocycles. The van der Waals surface area contributed by atoms with Crippen molar-refractivity contribution in [3.8, 4) is 16.9 Å². The SMILES string of the molecule is COc1ccccc1-c1ccc(N=c2c3c(=O)c4ccccc4c(=O)c=3n[n+]2[O-])cc1. The summed E-state index contributed by atoms with van der Waals surface area (Å²) >= 11 is 0. The van der Waals surface area contributed by atoms with Crippen molar-refractivity contribution < 1.29 is 9.58 Å². The van der Waals surface area contributed by atoms with Gasteiger partial charge >= 0.3 is 5.49 Å². The van der Waals surface area contributed by atoms with Crippen LogP contribution in [-0.2, 0) is 0 Å². The highest BCUT2D eigenvalue weighted by atomic mass is 16.5. The number of hydrogen-bond acceptors (Lipinski definition) is 6. The van der Waals surface area contributed by atoms with Crippen LogP contribution in [0.25, 0.3) is 21.9 Å². The molecule has 7 heteroatoms. The van der Waals surface area contributed by atoms with Crippen LogP contribution in [0.15, 0.2) is 87.4 Å². The van der Waals surface area contributed by atoms with Crippen molar-refractivity contribution >= 4 is 16.5 Å². The zero-order chi connectivity index (χ0) is 21.5. The van der Waals surface area contributed by atoms with Crippen LogP contribution in [0.2, 0.25) is 0 Å². The van der Waals surface area contributed by atoms with Crippen LogP contribution < -0.4 is 25.9 Å². The summed E-state index contributed by atoms with van der Waals surface area (Å²) < 4.78 is 5.40. The highest BCUT2D eigenvalue weighted by Crippen LogP contribution is 2.30. The van der Waals surface area contributed by atoms with E-state index in [4.69, 9.17) is 4.74 Å². The third kappa shape index (κ3) is 2.95. The molecule has 0 fully saturated rings. The summed E-state index contributed by atoms with van der Waals surface area (Å²) in [4.78, 5) is 30.3. The summed E-state index contributed by atoms with van der Waals surface area (Å²) in [5, 5.41) is 16.4. The fraction of sp³-hybridized carbons (Fsp3) is 0.0417. The molecule has 0 saturated carbocycles. The predicted molar refractivity (Wildman–Crippen MR) is 115 cm³/mol. The second-order valence-corrected chi connectivity index (χ2v) is 6.98. The fourth-order valence-electron chi connectivity index (χ4n) is 3.72. The number of hydrogen-bond donors (Lipinski definition) is 0. The number of benzene rings is 3. The molecule has 0 atom stereocenters. The van der Waals surface area contributed by atoms with Gasteiger partial charge in [-0.2, -0.15) is 0 Å². The standard InChI is InChI=1S/C24H15N3O4/c1-31-19-9-5-4-6-16(19)14-10-12-15(13-11-14)25-24-20-21(26-27(24)30)23(29)18-8-3-2-7-17(18)22(20)28/h2-13H,1H3. The van der Waals surface area contributed by atoms with Gasteiger partial charge in [0, 0.05) is 16.3 Å². The number of fused-ring (bicyclic) bond motifs is 1. The van der Waals surface area contributed by atoms with E-state index in [1.54, 1.807) is 43.5 Å². The summed E-state index contributed by atoms with van der Waals surface area (Å²) in [6, 6.07) is 21.2. The molecule has 1 aliphatic heterocycles. The van der Waals surface area contributed by atoms with Gasteiger partial charge in [0.1, 0.15) is 5.75 Å². The molecule has 0 bridgehead atoms. The zero-order valence-corrected chi connectivity index (χ0v) is 16.4. The lowest BCUT2D eigenvalue weighted by molar-refractivity contribution is -0.681. The Bertz CT molecular complexity index is 1670. The van der Waals surface area contributed by atoms with E-state index in [-0.39, 0.29) is 31.7 Å². The van der Waals surface area contributed by atoms with Crippen LogP contribution in [0.3, 0.4) is 0 Å². The first-order valence-electron chi connectivity index (χ1n) is 9.52. The van der Waals surface area contributed by atoms with E-state index < -0.39 is 10.9 Å². The van der Waals surface area contributed by atoms with E-state index in [1.165, 1.54) is 0 Å². The average molecular weight is 409 g/mol. The lowest BCUT2D eigenvalue weighted by atomic mass is 10.0. The Morgan fingerprint density at radius 3 is 2.23 bits per heavy atom. The Morgan fingerprint density at radius 1 is 0.871 bits per heavy atom. The molecule has 0 N–H and O–H groups in total. The molecule has 1 heterocycles. The summed E-state index contributed by atoms with van der Waals surface area (Å²) in [5.74, 6) is 0.738. The van der Waals surface area contributed by atoms with Crippen molar-refractivity contribution in [3.05, 3.63) is 115 Å². The number of aromatic nitrogens is 2. The molecule has 3 aromatic rings. The molecule has 0 spiro atoms. The molecule has 0 unspecified atom stereocenters. The lowest BCUT2D eigenvalue weighted by Crippen LogP contribution is -2.46. The van der Waals surface area contributed by atoms with Gasteiger partial charge in [0.05, 0.1) is 7.11 Å². The number of ether oxygens (including phenoxy) is 1. The molecule has 7 nitrogen and oxygen atoms in total. The molecule has 2 aliphatic rings. The van der Waals surface area contributed by atoms with Crippen molar-refractivity contribution in [1.82, 2.24) is 5.10 Å². The van der Waals surface area contributed by atoms with Crippen molar-refractivity contribution in [3.63, 3.8) is 0 Å². The predicted octanol–water partition coefficient (Wildman–Crippen LogP) is 2.10. The van der Waals surface area contributed by atoms with E-state index in [0.717, 1.165) is 16.9 Å². The first kappa shape index (κ1) is 18.6. The smallest absolute Gasteiger partial charge is 0.361 e. The van der Waals surface area contributed by atoms with Crippen molar-refractivity contribution in [2.45, 2.75) is 0 Å². The monoisotopic (exact) mass is 409 g/mol. The summed E-state index contributed by atoms with van der Waals surface area (Å²) in [6.45, 7) is 0. The van der Waals surface area contributed by atoms with Crippen LogP contribution in [0.4, 0.5) is 5.69 Å². The molecule has 150 valence electrons. The van der Waals surface area contributed by atoms with E-state index >= 15 is 0 Å². The Morgan fingerprint density at radius 2 is 1.52 bits per heavy atom. The van der Waals surface area contributed by atoms with E-state index in [0.29, 0.717) is 5.69 Å². The second-order valence-electron chi connectivity index (χ2n) is 6.98. The van der Waals surface area contributed by atoms with E-state index in [1.807, 2.05) is 36.4 Å². The molecular weight excluding hydrogens is 394 g/mol. The van der Waals surface area contributed by atoms with Gasteiger partial charge in [-0.25, -0.2) is 0 Å². The maximum Gasteiger partial charge on any atom is 0.361 e. The van der Waals surface area contributed by atoms with Crippen molar-refractivity contribution in [2.24, 2.45) is 4.99 Å². The molecule has 0 amide bonds. The third-order valence-electron chi connectivity index (χ3n) is 5.21. The highest BCUT2D eigenvalue weighted by Gasteiger charge is 2.18. The summed E-state index contributed by atoms with van der Waals surface area (Å²) in [6.07, 6.45) is 0. The lowest BCUT2D eigenvalue weighted by Gasteiger charge is -2.07. The fourth-order valence-corrected chi connectivity index (χ4v) is 3.72. The van der Waals surface area contributed by atoms with Crippen LogP contribution in [0.1, 0.15) is 0 Å². The van der Waals surface area contributed by atoms with Gasteiger partial charge in [0.15, 0.2) is 16.3 Å². The molecule has 0 aromatic heterocycles. The highest BCUT2D eigenvalue weighted by molar-refractivity contribution is 5.81. The minimum atomic E-state index is -0.456. The van der Waals surface area contributed by atoms with Crippen molar-refractivity contribution in [1.29, 1.82) is 0 Å². The number of para-hydroxylation sites is 1. The van der Waals surface area contributed by atoms with Crippen LogP contribution >= 0.6 is 0 Å². The molecule has 31 heavy (non-hydrogen) atoms. The quantitative estimate of drug-likeness (QED) is 0.336. The van der Waals surface area contributed by atoms with Crippen molar-refractivity contribution in [2.75, 3.05) is 7.11 Å². The number of methoxy groups -OCH3 is 1. The molecule has 1 aliphatic carbocycles. The third-order valence-corrected chi connectivity index (χ3v) is 5.21. The van der Waals surface area contributed by atoms with Gasteiger partial charge in [-0.1, -0.05) is 47.6 Å². The second kappa shape index (κ2) is 7.14. The topological polar surface area (TPSA) is 95.6 Å². The average Bonchev–Trinajstić information content (AvgIpc) is 3.14. The Labute approximate surface area is 175 Å². The van der Waals surface area contributed by atoms with Crippen LogP contribution in [0.5, 0.6) is 5.75 Å². The maximum absolute atomic E-state index is 13.0. The largest absolute Gasteiger partial charge is 0.690 e. The zero-order valence-electron chi connectivity index (χ0n) is 16.4. The van der Waals surface area contributed by atoms with E-state index in [9.17, 15) is 14.8 Å². The molecule has 5 rings (SSSR count). The van der Waals surface area contributed by atoms with Gasteiger partial charge in [-0.3, -0.25) is 9.59 Å². The Hall–Kier alpha value is -4.39. The van der Waals surface area contributed by atoms with Gasteiger partial charge in [0.25, 0.3) is 0 Å². The van der Waals surface area contributed by atoms with Gasteiger partial charge in [-0.15, -0.1) is 4.85 Å². The van der Waals surface area contributed by atoms with Gasteiger partial charge in [0.2, 0.25) is 10.9 Å². The summed E-state index contributed by atoms with van der Waals surface area (Å²) in [5.41, 5.74) is 1.21. The minimum absolute atomic E-state index is 0.0625. The van der Waals surface area contributed by atoms with E-state index in [2.05, 4.69) is 10.1 Å². The summed E-state index contributed by atoms with van der Waals surface area (Å²) in [7, 11) is 1.61. The first-order valence-corrected chi connectivity index (χ1v) is 9.52. The molecular formula is C24H15N3O4. The number of rotatable bonds is 3. The molecule has 3 aromatic carbocycles. The van der Waals surface area contributed by atoms with Gasteiger partial charge in [-0.05, 0) is 40.9 Å². The molecule has 0 radical (unpaired) electrons. The van der Waals surface area contributed by atoms with Crippen LogP contribution in [0, 0.1) is 15.8 Å². The Balaban J connectivity index is 1.72. The normalized spacial score (nSPS) is 12.0.